The fourth-order valence-electron chi connectivity index (χ4n) is 2.02. The largest absolute Gasteiger partial charge is 0.295 e. The minimum Gasteiger partial charge on any atom is -0.295 e. The maximum absolute atomic E-state index is 11.9. The van der Waals surface area contributed by atoms with Crippen molar-refractivity contribution in [3.63, 3.8) is 0 Å². The van der Waals surface area contributed by atoms with Crippen LogP contribution in [0.3, 0.4) is 0 Å². The first kappa shape index (κ1) is 17.7. The van der Waals surface area contributed by atoms with Crippen LogP contribution >= 0.6 is 34.8 Å². The van der Waals surface area contributed by atoms with Crippen molar-refractivity contribution in [1.29, 1.82) is 0 Å². The minimum atomic E-state index is -0.352. The Bertz CT molecular complexity index is 760. The first-order valence-corrected chi connectivity index (χ1v) is 7.81. The van der Waals surface area contributed by atoms with Crippen molar-refractivity contribution in [3.05, 3.63) is 50.2 Å². The molecule has 0 atom stereocenters. The number of nitrogens with one attached hydrogen (secondary N) is 2. The maximum Gasteiger partial charge on any atom is 0.262 e. The molecule has 0 saturated carbocycles. The van der Waals surface area contributed by atoms with Gasteiger partial charge < -0.3 is 0 Å². The number of aromatic nitrogens is 2. The van der Waals surface area contributed by atoms with E-state index in [0.717, 1.165) is 17.0 Å². The fraction of sp³-hybridized carbons (Fsp3) is 0.200. The van der Waals surface area contributed by atoms with Crippen LogP contribution in [0.1, 0.15) is 17.0 Å². The molecule has 0 fully saturated rings. The zero-order chi connectivity index (χ0) is 17.1. The van der Waals surface area contributed by atoms with E-state index in [1.807, 2.05) is 20.9 Å². The second kappa shape index (κ2) is 7.25. The van der Waals surface area contributed by atoms with E-state index in [4.69, 9.17) is 34.8 Å². The van der Waals surface area contributed by atoms with Crippen LogP contribution in [0.15, 0.2) is 18.2 Å². The van der Waals surface area contributed by atoms with Crippen LogP contribution in [0.2, 0.25) is 15.1 Å². The van der Waals surface area contributed by atoms with Gasteiger partial charge in [0, 0.05) is 29.4 Å². The third-order valence-electron chi connectivity index (χ3n) is 3.28. The molecule has 1 aromatic heterocycles. The van der Waals surface area contributed by atoms with Gasteiger partial charge in [-0.15, -0.1) is 0 Å². The quantitative estimate of drug-likeness (QED) is 0.625. The van der Waals surface area contributed by atoms with Crippen LogP contribution in [0.25, 0.3) is 6.08 Å². The molecule has 8 heteroatoms. The lowest BCUT2D eigenvalue weighted by atomic mass is 10.2. The van der Waals surface area contributed by atoms with Gasteiger partial charge in [-0.25, -0.2) is 0 Å². The molecule has 122 valence electrons. The lowest BCUT2D eigenvalue weighted by molar-refractivity contribution is -0.115. The van der Waals surface area contributed by atoms with E-state index < -0.39 is 0 Å². The Morgan fingerprint density at radius 2 is 1.83 bits per heavy atom. The zero-order valence-electron chi connectivity index (χ0n) is 12.7. The molecule has 0 aliphatic rings. The summed E-state index contributed by atoms with van der Waals surface area (Å²) in [5.41, 5.74) is 8.30. The van der Waals surface area contributed by atoms with Crippen LogP contribution in [0.4, 0.5) is 5.69 Å². The standard InChI is InChI=1S/C15H15Cl3N4O/c1-8-11(9(2)22(3)21-8)4-5-14(23)19-20-15-12(17)6-10(16)7-13(15)18/h4-7,20H,1-3H3,(H,19,23). The van der Waals surface area contributed by atoms with Crippen LogP contribution in [0, 0.1) is 13.8 Å². The molecular formula is C15H15Cl3N4O. The molecule has 0 spiro atoms. The van der Waals surface area contributed by atoms with Gasteiger partial charge in [0.05, 0.1) is 21.4 Å². The highest BCUT2D eigenvalue weighted by molar-refractivity contribution is 6.41. The third kappa shape index (κ3) is 4.19. The van der Waals surface area contributed by atoms with E-state index in [1.54, 1.807) is 10.8 Å². The van der Waals surface area contributed by atoms with E-state index in [2.05, 4.69) is 16.0 Å². The Balaban J connectivity index is 2.05. The van der Waals surface area contributed by atoms with Gasteiger partial charge in [0.2, 0.25) is 0 Å². The molecule has 0 saturated heterocycles. The molecule has 0 bridgehead atoms. The van der Waals surface area contributed by atoms with Crippen LogP contribution in [-0.2, 0) is 11.8 Å². The van der Waals surface area contributed by atoms with Crippen molar-refractivity contribution in [1.82, 2.24) is 15.2 Å². The number of hydrogen-bond donors (Lipinski definition) is 2. The van der Waals surface area contributed by atoms with Gasteiger partial charge in [0.15, 0.2) is 0 Å². The normalized spacial score (nSPS) is 11.0. The Hall–Kier alpha value is -1.69. The van der Waals surface area contributed by atoms with Crippen LogP contribution in [-0.4, -0.2) is 15.7 Å². The van der Waals surface area contributed by atoms with E-state index in [0.29, 0.717) is 20.8 Å². The second-order valence-electron chi connectivity index (χ2n) is 4.90. The molecule has 0 aliphatic carbocycles. The molecule has 2 N–H and O–H groups in total. The molecule has 1 aromatic carbocycles. The van der Waals surface area contributed by atoms with E-state index >= 15 is 0 Å². The predicted molar refractivity (Wildman–Crippen MR) is 95.0 cm³/mol. The first-order chi connectivity index (χ1) is 10.8. The molecule has 0 radical (unpaired) electrons. The molecule has 2 aromatic rings. The maximum atomic E-state index is 11.9. The smallest absolute Gasteiger partial charge is 0.262 e. The number of hydrogen-bond acceptors (Lipinski definition) is 3. The van der Waals surface area contributed by atoms with Gasteiger partial charge in [0.1, 0.15) is 0 Å². The second-order valence-corrected chi connectivity index (χ2v) is 6.15. The molecular weight excluding hydrogens is 359 g/mol. The Kier molecular flexibility index (Phi) is 5.57. The number of nitrogens with zero attached hydrogens (tertiary/aromatic N) is 2. The lowest BCUT2D eigenvalue weighted by Crippen LogP contribution is -2.27. The lowest BCUT2D eigenvalue weighted by Gasteiger charge is -2.10. The van der Waals surface area contributed by atoms with Crippen molar-refractivity contribution in [2.24, 2.45) is 7.05 Å². The number of amides is 1. The number of benzene rings is 1. The molecule has 0 unspecified atom stereocenters. The number of rotatable bonds is 4. The summed E-state index contributed by atoms with van der Waals surface area (Å²) in [6, 6.07) is 3.06. The van der Waals surface area contributed by atoms with Crippen LogP contribution < -0.4 is 10.9 Å². The van der Waals surface area contributed by atoms with Crippen molar-refractivity contribution in [2.75, 3.05) is 5.43 Å². The highest BCUT2D eigenvalue weighted by atomic mass is 35.5. The molecule has 2 rings (SSSR count). The summed E-state index contributed by atoms with van der Waals surface area (Å²) < 4.78 is 1.76. The van der Waals surface area contributed by atoms with E-state index in [-0.39, 0.29) is 5.91 Å². The summed E-state index contributed by atoms with van der Waals surface area (Å²) in [5.74, 6) is -0.352. The van der Waals surface area contributed by atoms with Crippen LogP contribution in [0.5, 0.6) is 0 Å². The highest BCUT2D eigenvalue weighted by Gasteiger charge is 2.09. The van der Waals surface area contributed by atoms with E-state index in [1.165, 1.54) is 18.2 Å². The monoisotopic (exact) mass is 372 g/mol. The number of aryl methyl sites for hydroxylation is 2. The highest BCUT2D eigenvalue weighted by Crippen LogP contribution is 2.33. The summed E-state index contributed by atoms with van der Waals surface area (Å²) in [6.45, 7) is 3.82. The Labute approximate surface area is 149 Å². The summed E-state index contributed by atoms with van der Waals surface area (Å²) >= 11 is 17.9. The summed E-state index contributed by atoms with van der Waals surface area (Å²) in [6.07, 6.45) is 3.11. The van der Waals surface area contributed by atoms with Crippen molar-refractivity contribution >= 4 is 52.5 Å². The van der Waals surface area contributed by atoms with Crippen molar-refractivity contribution < 1.29 is 4.79 Å². The fourth-order valence-corrected chi connectivity index (χ4v) is 2.93. The third-order valence-corrected chi connectivity index (χ3v) is 4.10. The Morgan fingerprint density at radius 1 is 1.22 bits per heavy atom. The summed E-state index contributed by atoms with van der Waals surface area (Å²) in [5, 5.41) is 5.32. The average molecular weight is 374 g/mol. The van der Waals surface area contributed by atoms with Gasteiger partial charge in [-0.2, -0.15) is 5.10 Å². The van der Waals surface area contributed by atoms with Crippen molar-refractivity contribution in [2.45, 2.75) is 13.8 Å². The van der Waals surface area contributed by atoms with Crippen molar-refractivity contribution in [3.8, 4) is 0 Å². The van der Waals surface area contributed by atoms with Gasteiger partial charge in [-0.1, -0.05) is 34.8 Å². The topological polar surface area (TPSA) is 59.0 Å². The van der Waals surface area contributed by atoms with Gasteiger partial charge in [-0.3, -0.25) is 20.3 Å². The number of carbonyl (C=O) groups is 1. The van der Waals surface area contributed by atoms with Gasteiger partial charge in [0.25, 0.3) is 5.91 Å². The molecule has 5 nitrogen and oxygen atoms in total. The van der Waals surface area contributed by atoms with E-state index in [9.17, 15) is 4.79 Å². The molecule has 1 heterocycles. The average Bonchev–Trinajstić information content (AvgIpc) is 2.69. The summed E-state index contributed by atoms with van der Waals surface area (Å²) in [7, 11) is 1.85. The molecule has 0 aliphatic heterocycles. The number of hydrazine groups is 1. The molecule has 23 heavy (non-hydrogen) atoms. The number of carbonyl (C=O) groups excluding carboxylic acids is 1. The summed E-state index contributed by atoms with van der Waals surface area (Å²) in [4.78, 5) is 11.9. The number of anilines is 1. The predicted octanol–water partition coefficient (Wildman–Crippen LogP) is 4.15. The van der Waals surface area contributed by atoms with Gasteiger partial charge >= 0.3 is 0 Å². The first-order valence-electron chi connectivity index (χ1n) is 6.68. The molecule has 1 amide bonds. The minimum absolute atomic E-state index is 0.311. The number of halogens is 3. The SMILES string of the molecule is Cc1nn(C)c(C)c1C=CC(=O)NNc1c(Cl)cc(Cl)cc1Cl. The zero-order valence-corrected chi connectivity index (χ0v) is 15.0. The Morgan fingerprint density at radius 3 is 2.35 bits per heavy atom. The van der Waals surface area contributed by atoms with Gasteiger partial charge in [-0.05, 0) is 32.1 Å².